The van der Waals surface area contributed by atoms with Crippen LogP contribution >= 0.6 is 34.9 Å². The summed E-state index contributed by atoms with van der Waals surface area (Å²) in [5.74, 6) is 7.68. The van der Waals surface area contributed by atoms with Crippen molar-refractivity contribution in [3.63, 3.8) is 0 Å². The van der Waals surface area contributed by atoms with Crippen molar-refractivity contribution in [3.8, 4) is 10.6 Å². The molecule has 7 nitrogen and oxygen atoms in total. The van der Waals surface area contributed by atoms with E-state index in [1.54, 1.807) is 16.2 Å². The zero-order chi connectivity index (χ0) is 22.4. The van der Waals surface area contributed by atoms with Crippen LogP contribution in [0.5, 0.6) is 0 Å². The minimum Gasteiger partial charge on any atom is -0.343 e. The van der Waals surface area contributed by atoms with Crippen molar-refractivity contribution in [3.05, 3.63) is 40.9 Å². The molecule has 1 amide bonds. The van der Waals surface area contributed by atoms with Gasteiger partial charge in [-0.3, -0.25) is 4.79 Å². The molecule has 0 unspecified atom stereocenters. The first-order valence-corrected chi connectivity index (χ1v) is 13.1. The standard InChI is InChI=1S/C21H28N6OS3/c1-5-26(6-2)18(28)13-31-21-25-24-20(27(21)22)30-12-17-11-29-19(23-17)16-9-7-15(8-10-16)14(3)4/h7-11,14H,5-6,12-13,22H2,1-4H3. The van der Waals surface area contributed by atoms with E-state index in [1.807, 2.05) is 13.8 Å². The Hall–Kier alpha value is -2.04. The van der Waals surface area contributed by atoms with Crippen LogP contribution < -0.4 is 5.84 Å². The quantitative estimate of drug-likeness (QED) is 0.340. The van der Waals surface area contributed by atoms with E-state index < -0.39 is 0 Å². The lowest BCUT2D eigenvalue weighted by molar-refractivity contribution is -0.127. The molecule has 0 fully saturated rings. The first kappa shape index (κ1) is 23.6. The summed E-state index contributed by atoms with van der Waals surface area (Å²) in [6.07, 6.45) is 0. The molecular formula is C21H28N6OS3. The number of nitrogens with two attached hydrogens (primary N) is 1. The number of thioether (sulfide) groups is 2. The summed E-state index contributed by atoms with van der Waals surface area (Å²) in [5.41, 5.74) is 3.43. The van der Waals surface area contributed by atoms with Gasteiger partial charge in [-0.15, -0.1) is 21.5 Å². The smallest absolute Gasteiger partial charge is 0.233 e. The molecule has 3 rings (SSSR count). The molecule has 0 aliphatic rings. The Morgan fingerprint density at radius 3 is 2.39 bits per heavy atom. The van der Waals surface area contributed by atoms with Gasteiger partial charge in [0.2, 0.25) is 16.2 Å². The molecule has 0 atom stereocenters. The van der Waals surface area contributed by atoms with Crippen LogP contribution in [0, 0.1) is 0 Å². The Bertz CT molecular complexity index is 995. The number of hydrogen-bond acceptors (Lipinski definition) is 8. The van der Waals surface area contributed by atoms with Gasteiger partial charge < -0.3 is 10.7 Å². The maximum absolute atomic E-state index is 12.2. The number of aromatic nitrogens is 4. The number of thiazole rings is 1. The van der Waals surface area contributed by atoms with Crippen LogP contribution in [-0.2, 0) is 10.5 Å². The van der Waals surface area contributed by atoms with Crippen molar-refractivity contribution >= 4 is 40.8 Å². The minimum atomic E-state index is 0.0728. The topological polar surface area (TPSA) is 89.9 Å². The Labute approximate surface area is 195 Å². The molecule has 0 spiro atoms. The lowest BCUT2D eigenvalue weighted by Gasteiger charge is -2.17. The molecule has 0 bridgehead atoms. The van der Waals surface area contributed by atoms with E-state index >= 15 is 0 Å². The van der Waals surface area contributed by atoms with Crippen molar-refractivity contribution in [1.82, 2.24) is 24.8 Å². The molecular weight excluding hydrogens is 448 g/mol. The van der Waals surface area contributed by atoms with Gasteiger partial charge in [0.05, 0.1) is 11.4 Å². The van der Waals surface area contributed by atoms with Crippen LogP contribution in [0.3, 0.4) is 0 Å². The molecule has 0 saturated heterocycles. The lowest BCUT2D eigenvalue weighted by atomic mass is 10.0. The van der Waals surface area contributed by atoms with Gasteiger partial charge in [0.1, 0.15) is 5.01 Å². The van der Waals surface area contributed by atoms with Gasteiger partial charge in [0.25, 0.3) is 0 Å². The Morgan fingerprint density at radius 2 is 1.77 bits per heavy atom. The Kier molecular flexibility index (Phi) is 8.39. The number of rotatable bonds is 10. The van der Waals surface area contributed by atoms with Crippen molar-refractivity contribution in [2.75, 3.05) is 24.7 Å². The second-order valence-corrected chi connectivity index (χ2v) is 9.94. The Morgan fingerprint density at radius 1 is 1.13 bits per heavy atom. The number of benzene rings is 1. The highest BCUT2D eigenvalue weighted by Gasteiger charge is 2.16. The normalized spacial score (nSPS) is 11.3. The van der Waals surface area contributed by atoms with Gasteiger partial charge in [0.15, 0.2) is 0 Å². The summed E-state index contributed by atoms with van der Waals surface area (Å²) in [4.78, 5) is 18.7. The minimum absolute atomic E-state index is 0.0728. The Balaban J connectivity index is 1.57. The highest BCUT2D eigenvalue weighted by molar-refractivity contribution is 8.00. The van der Waals surface area contributed by atoms with E-state index in [2.05, 4.69) is 53.7 Å². The van der Waals surface area contributed by atoms with Gasteiger partial charge in [-0.25, -0.2) is 9.66 Å². The van der Waals surface area contributed by atoms with E-state index in [0.717, 1.165) is 16.3 Å². The molecule has 166 valence electrons. The van der Waals surface area contributed by atoms with Gasteiger partial charge in [-0.05, 0) is 25.3 Å². The largest absolute Gasteiger partial charge is 0.343 e. The zero-order valence-electron chi connectivity index (χ0n) is 18.2. The van der Waals surface area contributed by atoms with Crippen molar-refractivity contribution in [1.29, 1.82) is 0 Å². The maximum Gasteiger partial charge on any atom is 0.233 e. The monoisotopic (exact) mass is 476 g/mol. The van der Waals surface area contributed by atoms with E-state index in [0.29, 0.717) is 40.8 Å². The van der Waals surface area contributed by atoms with Gasteiger partial charge >= 0.3 is 0 Å². The number of hydrogen-bond donors (Lipinski definition) is 1. The molecule has 2 N–H and O–H groups in total. The summed E-state index contributed by atoms with van der Waals surface area (Å²) < 4.78 is 1.45. The fraction of sp³-hybridized carbons (Fsp3) is 0.429. The van der Waals surface area contributed by atoms with Crippen LogP contribution in [0.15, 0.2) is 40.0 Å². The number of nitrogen functional groups attached to an aromatic ring is 1. The first-order chi connectivity index (χ1) is 14.9. The van der Waals surface area contributed by atoms with Crippen LogP contribution in [-0.4, -0.2) is 49.5 Å². The van der Waals surface area contributed by atoms with Crippen LogP contribution in [0.2, 0.25) is 0 Å². The first-order valence-electron chi connectivity index (χ1n) is 10.2. The summed E-state index contributed by atoms with van der Waals surface area (Å²) in [6.45, 7) is 9.72. The van der Waals surface area contributed by atoms with Gasteiger partial charge in [0, 0.05) is 29.8 Å². The summed E-state index contributed by atoms with van der Waals surface area (Å²) in [6, 6.07) is 8.59. The third kappa shape index (κ3) is 6.02. The van der Waals surface area contributed by atoms with Crippen LogP contribution in [0.1, 0.15) is 44.9 Å². The number of carbonyl (C=O) groups is 1. The van der Waals surface area contributed by atoms with Gasteiger partial charge in [-0.1, -0.05) is 61.6 Å². The van der Waals surface area contributed by atoms with E-state index in [4.69, 9.17) is 10.8 Å². The molecule has 0 aliphatic carbocycles. The SMILES string of the molecule is CCN(CC)C(=O)CSc1nnc(SCc2csc(-c3ccc(C(C)C)cc3)n2)n1N. The van der Waals surface area contributed by atoms with E-state index in [9.17, 15) is 4.79 Å². The average Bonchev–Trinajstić information content (AvgIpc) is 3.38. The number of carbonyl (C=O) groups excluding carboxylic acids is 1. The molecule has 10 heteroatoms. The highest BCUT2D eigenvalue weighted by Crippen LogP contribution is 2.29. The number of amides is 1. The molecule has 0 aliphatic heterocycles. The third-order valence-electron chi connectivity index (χ3n) is 4.80. The summed E-state index contributed by atoms with van der Waals surface area (Å²) >= 11 is 4.43. The molecule has 2 heterocycles. The second-order valence-electron chi connectivity index (χ2n) is 7.20. The van der Waals surface area contributed by atoms with Crippen molar-refractivity contribution < 1.29 is 4.79 Å². The molecule has 1 aromatic carbocycles. The maximum atomic E-state index is 12.2. The van der Waals surface area contributed by atoms with E-state index in [1.165, 1.54) is 33.8 Å². The van der Waals surface area contributed by atoms with Crippen LogP contribution in [0.4, 0.5) is 0 Å². The molecule has 2 aromatic heterocycles. The van der Waals surface area contributed by atoms with Crippen molar-refractivity contribution in [2.24, 2.45) is 0 Å². The predicted octanol–water partition coefficient (Wildman–Crippen LogP) is 4.49. The zero-order valence-corrected chi connectivity index (χ0v) is 20.7. The predicted molar refractivity (Wildman–Crippen MR) is 130 cm³/mol. The van der Waals surface area contributed by atoms with Crippen LogP contribution in [0.25, 0.3) is 10.6 Å². The van der Waals surface area contributed by atoms with Gasteiger partial charge in [-0.2, -0.15) is 0 Å². The number of nitrogens with zero attached hydrogens (tertiary/aromatic N) is 5. The molecule has 0 radical (unpaired) electrons. The van der Waals surface area contributed by atoms with E-state index in [-0.39, 0.29) is 5.91 Å². The average molecular weight is 477 g/mol. The highest BCUT2D eigenvalue weighted by atomic mass is 32.2. The fourth-order valence-electron chi connectivity index (χ4n) is 2.91. The fourth-order valence-corrected chi connectivity index (χ4v) is 5.41. The summed E-state index contributed by atoms with van der Waals surface area (Å²) in [7, 11) is 0. The second kappa shape index (κ2) is 11.0. The third-order valence-corrected chi connectivity index (χ3v) is 7.64. The molecule has 0 saturated carbocycles. The lowest BCUT2D eigenvalue weighted by Crippen LogP contribution is -2.32. The summed E-state index contributed by atoms with van der Waals surface area (Å²) in [5, 5.41) is 12.5. The molecule has 3 aromatic rings. The van der Waals surface area contributed by atoms with Crippen molar-refractivity contribution in [2.45, 2.75) is 49.7 Å². The molecule has 31 heavy (non-hydrogen) atoms.